The van der Waals surface area contributed by atoms with E-state index in [1.165, 1.54) is 21.6 Å². The van der Waals surface area contributed by atoms with E-state index in [1.807, 2.05) is 0 Å². The van der Waals surface area contributed by atoms with Crippen molar-refractivity contribution in [2.45, 2.75) is 30.3 Å². The summed E-state index contributed by atoms with van der Waals surface area (Å²) in [5.41, 5.74) is 9.60. The van der Waals surface area contributed by atoms with E-state index in [9.17, 15) is 19.0 Å². The van der Waals surface area contributed by atoms with Crippen LogP contribution < -0.4 is 17.0 Å². The standard InChI is InChI=1S/C19H25FN10O8P2S2/c20-11-9(4-31)38-18(29-7-25-12-15(29)27-19(22)28-17(12)32)13(11)40(34,42)37-5-10(35-1-2-36-39(33)41)8-3-23-16-14(21)24-6-26-30(8)16/h3,6-7,9-11,13,18,31,39H,1-2,4-5H2,(H,33,41)(H,34,42)(H2,21,24,26)(H3,22,27,28,32)/t9-,10-,11-,13-,18-,40?/m1/s1. The largest absolute Gasteiger partial charge is 0.394 e. The minimum atomic E-state index is -4.29. The van der Waals surface area contributed by atoms with Crippen LogP contribution in [0.1, 0.15) is 18.0 Å². The summed E-state index contributed by atoms with van der Waals surface area (Å²) in [6.07, 6.45) is -2.17. The number of ether oxygens (including phenoxy) is 2. The Balaban J connectivity index is 1.44. The molecule has 4 aromatic heterocycles. The molecule has 23 heteroatoms. The van der Waals surface area contributed by atoms with Crippen LogP contribution in [-0.4, -0.2) is 88.6 Å². The zero-order valence-electron chi connectivity index (χ0n) is 21.3. The van der Waals surface area contributed by atoms with E-state index >= 15 is 4.39 Å². The van der Waals surface area contributed by atoms with Crippen LogP contribution in [0.2, 0.25) is 0 Å². The molecule has 7 atom stereocenters. The highest BCUT2D eigenvalue weighted by Crippen LogP contribution is 2.64. The smallest absolute Gasteiger partial charge is 0.280 e. The first-order chi connectivity index (χ1) is 20.0. The fraction of sp³-hybridized carbons (Fsp3) is 0.474. The number of imidazole rings is 2. The fourth-order valence-corrected chi connectivity index (χ4v) is 7.49. The average Bonchev–Trinajstić information content (AvgIpc) is 3.64. The summed E-state index contributed by atoms with van der Waals surface area (Å²) >= 11 is 7.95. The minimum Gasteiger partial charge on any atom is -0.394 e. The molecule has 1 fully saturated rings. The number of anilines is 2. The van der Waals surface area contributed by atoms with Crippen LogP contribution in [0.25, 0.3) is 16.8 Å². The van der Waals surface area contributed by atoms with Gasteiger partial charge in [-0.05, 0) is 0 Å². The first kappa shape index (κ1) is 30.8. The van der Waals surface area contributed by atoms with Crippen LogP contribution in [0, 0.1) is 0 Å². The van der Waals surface area contributed by atoms with Crippen molar-refractivity contribution >= 4 is 66.9 Å². The molecule has 0 saturated carbocycles. The molecule has 5 rings (SSSR count). The van der Waals surface area contributed by atoms with Crippen LogP contribution in [0.3, 0.4) is 0 Å². The van der Waals surface area contributed by atoms with Gasteiger partial charge in [0.1, 0.15) is 30.4 Å². The second-order valence-electron chi connectivity index (χ2n) is 8.86. The monoisotopic (exact) mass is 666 g/mol. The molecule has 42 heavy (non-hydrogen) atoms. The highest BCUT2D eigenvalue weighted by atomic mass is 32.7. The number of nitrogens with two attached hydrogens (primary N) is 2. The van der Waals surface area contributed by atoms with Gasteiger partial charge < -0.3 is 35.1 Å². The highest BCUT2D eigenvalue weighted by Gasteiger charge is 2.55. The van der Waals surface area contributed by atoms with Gasteiger partial charge in [-0.2, -0.15) is 10.1 Å². The second-order valence-corrected chi connectivity index (χ2v) is 14.4. The second kappa shape index (κ2) is 12.6. The molecular formula is C19H25FN10O8P2S2. The number of aliphatic hydroxyl groups excluding tert-OH is 1. The summed E-state index contributed by atoms with van der Waals surface area (Å²) in [6.45, 7) is -5.72. The Bertz CT molecular complexity index is 1720. The molecule has 1 saturated heterocycles. The molecule has 1 aliphatic heterocycles. The van der Waals surface area contributed by atoms with E-state index in [0.29, 0.717) is 5.69 Å². The van der Waals surface area contributed by atoms with Crippen molar-refractivity contribution in [1.29, 1.82) is 0 Å². The van der Waals surface area contributed by atoms with Gasteiger partial charge in [0.25, 0.3) is 12.1 Å². The van der Waals surface area contributed by atoms with Gasteiger partial charge in [-0.15, -0.1) is 0 Å². The molecule has 0 aromatic carbocycles. The molecule has 6 N–H and O–H groups in total. The van der Waals surface area contributed by atoms with E-state index in [0.717, 1.165) is 6.33 Å². The van der Waals surface area contributed by atoms with Crippen molar-refractivity contribution in [3.05, 3.63) is 34.9 Å². The van der Waals surface area contributed by atoms with Gasteiger partial charge in [-0.3, -0.25) is 23.5 Å². The lowest BCUT2D eigenvalue weighted by molar-refractivity contribution is -0.0324. The van der Waals surface area contributed by atoms with Gasteiger partial charge in [0.15, 0.2) is 28.9 Å². The molecule has 228 valence electrons. The van der Waals surface area contributed by atoms with E-state index in [-0.39, 0.29) is 41.8 Å². The van der Waals surface area contributed by atoms with E-state index in [1.54, 1.807) is 0 Å². The summed E-state index contributed by atoms with van der Waals surface area (Å²) in [5.74, 6) is -0.163. The van der Waals surface area contributed by atoms with Crippen molar-refractivity contribution in [1.82, 2.24) is 39.1 Å². The van der Waals surface area contributed by atoms with Crippen molar-refractivity contribution in [3.8, 4) is 0 Å². The number of aliphatic hydroxyl groups is 1. The van der Waals surface area contributed by atoms with Gasteiger partial charge in [0.2, 0.25) is 13.2 Å². The van der Waals surface area contributed by atoms with Crippen LogP contribution in [0.15, 0.2) is 23.6 Å². The van der Waals surface area contributed by atoms with Crippen molar-refractivity contribution < 1.29 is 37.1 Å². The fourth-order valence-electron chi connectivity index (χ4n) is 4.43. The van der Waals surface area contributed by atoms with Crippen LogP contribution in [-0.2, 0) is 27.7 Å². The Morgan fingerprint density at radius 3 is 2.81 bits per heavy atom. The minimum absolute atomic E-state index is 0.0712. The number of alkyl halides is 1. The van der Waals surface area contributed by atoms with Gasteiger partial charge in [0, 0.05) is 0 Å². The Kier molecular flexibility index (Phi) is 9.22. The van der Waals surface area contributed by atoms with Crippen molar-refractivity contribution in [3.63, 3.8) is 0 Å². The normalized spacial score (nSPS) is 23.8. The van der Waals surface area contributed by atoms with Crippen LogP contribution in [0.4, 0.5) is 16.2 Å². The number of thiol groups is 2. The number of halogens is 1. The molecule has 5 heterocycles. The molecular weight excluding hydrogens is 641 g/mol. The number of rotatable bonds is 12. The summed E-state index contributed by atoms with van der Waals surface area (Å²) in [7, 11) is -2.53. The van der Waals surface area contributed by atoms with Crippen molar-refractivity contribution in [2.24, 2.45) is 0 Å². The van der Waals surface area contributed by atoms with E-state index in [4.69, 9.17) is 30.0 Å². The third-order valence-corrected chi connectivity index (χ3v) is 10.1. The summed E-state index contributed by atoms with van der Waals surface area (Å²) in [4.78, 5) is 30.7. The number of fused-ring (bicyclic) bond motifs is 2. The SMILES string of the molecule is Nc1nc2c(ncn2[C@@H]2O[C@H](CO)[C@@H](F)[C@H]2P(=O)(S)OC[C@@H](OCCO[PH](=O)S)c2cnc3c(N)ncnn23)c(=O)[nH]1. The summed E-state index contributed by atoms with van der Waals surface area (Å²) < 4.78 is 65.6. The molecule has 0 spiro atoms. The van der Waals surface area contributed by atoms with Gasteiger partial charge >= 0.3 is 0 Å². The zero-order chi connectivity index (χ0) is 30.2. The maximum Gasteiger partial charge on any atom is 0.280 e. The van der Waals surface area contributed by atoms with Crippen LogP contribution >= 0.6 is 38.3 Å². The number of nitrogen functional groups attached to an aromatic ring is 2. The molecule has 0 radical (unpaired) electrons. The number of hydrogen-bond acceptors (Lipinski definition) is 15. The highest BCUT2D eigenvalue weighted by molar-refractivity contribution is 8.46. The first-order valence-electron chi connectivity index (χ1n) is 12.0. The van der Waals surface area contributed by atoms with Crippen molar-refractivity contribution in [2.75, 3.05) is 37.9 Å². The molecule has 0 bridgehead atoms. The number of nitrogens with one attached hydrogen (secondary N) is 1. The zero-order valence-corrected chi connectivity index (χ0v) is 24.9. The Hall–Kier alpha value is -2.61. The number of aromatic nitrogens is 8. The number of hydrogen-bond donors (Lipinski definition) is 6. The predicted octanol–water partition coefficient (Wildman–Crippen LogP) is 0.552. The van der Waals surface area contributed by atoms with Gasteiger partial charge in [-0.25, -0.2) is 23.9 Å². The number of nitrogens with zero attached hydrogens (tertiary/aromatic N) is 7. The van der Waals surface area contributed by atoms with E-state index < -0.39 is 62.8 Å². The molecule has 4 aromatic rings. The Morgan fingerprint density at radius 1 is 1.29 bits per heavy atom. The van der Waals surface area contributed by atoms with Gasteiger partial charge in [0.05, 0.1) is 44.6 Å². The summed E-state index contributed by atoms with van der Waals surface area (Å²) in [5, 5.41) is 13.8. The maximum absolute atomic E-state index is 15.7. The molecule has 18 nitrogen and oxygen atoms in total. The Morgan fingerprint density at radius 2 is 2.07 bits per heavy atom. The van der Waals surface area contributed by atoms with Gasteiger partial charge in [-0.1, -0.05) is 24.5 Å². The topological polar surface area (TPSA) is 250 Å². The number of aromatic amines is 1. The quantitative estimate of drug-likeness (QED) is 0.0686. The summed E-state index contributed by atoms with van der Waals surface area (Å²) in [6, 6.07) is 0. The number of H-pyrrole nitrogens is 1. The average molecular weight is 667 g/mol. The molecule has 1 aliphatic rings. The maximum atomic E-state index is 15.7. The molecule has 2 unspecified atom stereocenters. The Labute approximate surface area is 246 Å². The van der Waals surface area contributed by atoms with Crippen LogP contribution in [0.5, 0.6) is 0 Å². The lowest BCUT2D eigenvalue weighted by Gasteiger charge is -2.27. The molecule has 0 amide bonds. The lowest BCUT2D eigenvalue weighted by Crippen LogP contribution is -2.30. The predicted molar refractivity (Wildman–Crippen MR) is 153 cm³/mol. The molecule has 0 aliphatic carbocycles. The van der Waals surface area contributed by atoms with E-state index in [2.05, 4.69) is 54.5 Å². The first-order valence-corrected chi connectivity index (χ1v) is 17.5. The lowest BCUT2D eigenvalue weighted by atomic mass is 10.2. The third kappa shape index (κ3) is 6.06. The third-order valence-electron chi connectivity index (χ3n) is 6.30.